The predicted octanol–water partition coefficient (Wildman–Crippen LogP) is 2.32. The van der Waals surface area contributed by atoms with Gasteiger partial charge in [0.05, 0.1) is 11.2 Å². The normalized spacial score (nSPS) is 13.3. The molecule has 108 valence electrons. The molecule has 0 bridgehead atoms. The third-order valence-corrected chi connectivity index (χ3v) is 5.02. The molecule has 0 aliphatic heterocycles. The minimum atomic E-state index is -3.56. The van der Waals surface area contributed by atoms with Crippen LogP contribution in [-0.2, 0) is 16.6 Å². The number of nitrogens with one attached hydrogen (secondary N) is 1. The zero-order chi connectivity index (χ0) is 14.6. The summed E-state index contributed by atoms with van der Waals surface area (Å²) >= 11 is 3.48. The number of rotatable bonds is 6. The largest absolute Gasteiger partial charge is 0.336 e. The molecule has 0 aliphatic carbocycles. The number of nitrogens with zero attached hydrogens (tertiary/aromatic N) is 2. The molecule has 1 N–H and O–H groups in total. The lowest BCUT2D eigenvalue weighted by Gasteiger charge is -2.10. The highest BCUT2D eigenvalue weighted by molar-refractivity contribution is 9.09. The number of aromatic nitrogens is 2. The zero-order valence-corrected chi connectivity index (χ0v) is 13.4. The van der Waals surface area contributed by atoms with E-state index in [0.717, 1.165) is 5.56 Å². The molecule has 0 radical (unpaired) electrons. The maximum Gasteiger partial charge on any atom is 0.259 e. The van der Waals surface area contributed by atoms with Crippen LogP contribution in [0, 0.1) is 0 Å². The van der Waals surface area contributed by atoms with Crippen molar-refractivity contribution in [3.05, 3.63) is 48.4 Å². The fourth-order valence-electron chi connectivity index (χ4n) is 1.69. The van der Waals surface area contributed by atoms with Crippen molar-refractivity contribution in [1.82, 2.24) is 14.3 Å². The highest BCUT2D eigenvalue weighted by Crippen LogP contribution is 2.21. The summed E-state index contributed by atoms with van der Waals surface area (Å²) in [4.78, 5) is 3.83. The average molecular weight is 358 g/mol. The third kappa shape index (κ3) is 3.68. The Labute approximate surface area is 127 Å². The third-order valence-electron chi connectivity index (χ3n) is 2.86. The van der Waals surface area contributed by atoms with E-state index >= 15 is 0 Å². The van der Waals surface area contributed by atoms with Crippen molar-refractivity contribution in [3.63, 3.8) is 0 Å². The molecule has 0 amide bonds. The molecule has 0 aliphatic rings. The van der Waals surface area contributed by atoms with Crippen molar-refractivity contribution in [2.24, 2.45) is 0 Å². The van der Waals surface area contributed by atoms with Crippen LogP contribution in [0.25, 0.3) is 0 Å². The minimum Gasteiger partial charge on any atom is -0.336 e. The first kappa shape index (κ1) is 15.2. The Bertz CT molecular complexity index is 655. The number of benzene rings is 1. The van der Waals surface area contributed by atoms with E-state index in [0.29, 0.717) is 6.54 Å². The molecule has 0 saturated carbocycles. The van der Waals surface area contributed by atoms with E-state index < -0.39 is 10.0 Å². The molecule has 1 aromatic heterocycles. The van der Waals surface area contributed by atoms with Gasteiger partial charge in [-0.05, 0) is 12.5 Å². The van der Waals surface area contributed by atoms with Crippen LogP contribution in [0.15, 0.2) is 47.9 Å². The molecule has 2 aromatic rings. The lowest BCUT2D eigenvalue weighted by molar-refractivity contribution is 0.578. The second kappa shape index (κ2) is 6.51. The van der Waals surface area contributed by atoms with Crippen LogP contribution >= 0.6 is 15.9 Å². The van der Waals surface area contributed by atoms with Crippen molar-refractivity contribution in [2.45, 2.75) is 23.3 Å². The number of hydrogen-bond donors (Lipinski definition) is 1. The Morgan fingerprint density at radius 1 is 1.35 bits per heavy atom. The first-order valence-electron chi connectivity index (χ1n) is 6.23. The second-order valence-electron chi connectivity index (χ2n) is 4.27. The van der Waals surface area contributed by atoms with Gasteiger partial charge in [0, 0.05) is 19.3 Å². The lowest BCUT2D eigenvalue weighted by atomic mass is 10.2. The average Bonchev–Trinajstić information content (AvgIpc) is 2.95. The van der Waals surface area contributed by atoms with Crippen LogP contribution in [0.2, 0.25) is 0 Å². The number of alkyl halides is 1. The molecule has 1 unspecified atom stereocenters. The Hall–Kier alpha value is -1.18. The van der Waals surface area contributed by atoms with E-state index in [1.165, 1.54) is 12.5 Å². The number of hydrogen-bond acceptors (Lipinski definition) is 3. The molecule has 1 atom stereocenters. The van der Waals surface area contributed by atoms with Gasteiger partial charge in [-0.15, -0.1) is 0 Å². The second-order valence-corrected chi connectivity index (χ2v) is 7.09. The van der Waals surface area contributed by atoms with Gasteiger partial charge in [0.2, 0.25) is 0 Å². The molecular formula is C13H16BrN3O2S. The quantitative estimate of drug-likeness (QED) is 0.806. The monoisotopic (exact) mass is 357 g/mol. The van der Waals surface area contributed by atoms with Crippen LogP contribution in [-0.4, -0.2) is 24.5 Å². The molecule has 2 rings (SSSR count). The van der Waals surface area contributed by atoms with Crippen molar-refractivity contribution in [3.8, 4) is 0 Å². The van der Waals surface area contributed by atoms with Gasteiger partial charge in [-0.2, -0.15) is 0 Å². The van der Waals surface area contributed by atoms with Crippen LogP contribution in [0.4, 0.5) is 0 Å². The Kier molecular flexibility index (Phi) is 4.95. The molecular weight excluding hydrogens is 342 g/mol. The van der Waals surface area contributed by atoms with Crippen molar-refractivity contribution in [1.29, 1.82) is 0 Å². The van der Waals surface area contributed by atoms with Gasteiger partial charge in [-0.1, -0.05) is 46.3 Å². The molecule has 0 saturated heterocycles. The number of aryl methyl sites for hydroxylation is 1. The van der Waals surface area contributed by atoms with E-state index in [2.05, 4.69) is 25.6 Å². The van der Waals surface area contributed by atoms with Crippen LogP contribution < -0.4 is 4.72 Å². The van der Waals surface area contributed by atoms with E-state index in [1.54, 1.807) is 4.57 Å². The van der Waals surface area contributed by atoms with Crippen molar-refractivity contribution < 1.29 is 8.42 Å². The SMILES string of the molecule is CCn1cnc(S(=O)(=O)NCC(Br)c2ccccc2)c1. The van der Waals surface area contributed by atoms with Gasteiger partial charge in [-0.25, -0.2) is 18.1 Å². The summed E-state index contributed by atoms with van der Waals surface area (Å²) in [6, 6.07) is 9.64. The van der Waals surface area contributed by atoms with Crippen molar-refractivity contribution >= 4 is 26.0 Å². The van der Waals surface area contributed by atoms with Gasteiger partial charge in [0.25, 0.3) is 10.0 Å². The van der Waals surface area contributed by atoms with Crippen LogP contribution in [0.1, 0.15) is 17.3 Å². The lowest BCUT2D eigenvalue weighted by Crippen LogP contribution is -2.27. The standard InChI is InChI=1S/C13H16BrN3O2S/c1-2-17-9-13(15-10-17)20(18,19)16-8-12(14)11-6-4-3-5-7-11/h3-7,9-10,12,16H,2,8H2,1H3. The van der Waals surface area contributed by atoms with E-state index in [1.807, 2.05) is 37.3 Å². The predicted molar refractivity (Wildman–Crippen MR) is 81.2 cm³/mol. The summed E-state index contributed by atoms with van der Waals surface area (Å²) in [5.41, 5.74) is 1.02. The summed E-state index contributed by atoms with van der Waals surface area (Å²) in [5.74, 6) is 0. The summed E-state index contributed by atoms with van der Waals surface area (Å²) < 4.78 is 28.5. The van der Waals surface area contributed by atoms with Crippen LogP contribution in [0.3, 0.4) is 0 Å². The molecule has 0 fully saturated rings. The number of halogens is 1. The van der Waals surface area contributed by atoms with Gasteiger partial charge >= 0.3 is 0 Å². The molecule has 1 aromatic carbocycles. The molecule has 0 spiro atoms. The maximum atomic E-state index is 12.1. The Morgan fingerprint density at radius 2 is 2.05 bits per heavy atom. The number of imidazole rings is 1. The zero-order valence-electron chi connectivity index (χ0n) is 11.0. The first-order chi connectivity index (χ1) is 9.53. The van der Waals surface area contributed by atoms with Crippen LogP contribution in [0.5, 0.6) is 0 Å². The van der Waals surface area contributed by atoms with E-state index in [4.69, 9.17) is 0 Å². The minimum absolute atomic E-state index is 0.0483. The highest BCUT2D eigenvalue weighted by atomic mass is 79.9. The Morgan fingerprint density at radius 3 is 2.65 bits per heavy atom. The maximum absolute atomic E-state index is 12.1. The molecule has 7 heteroatoms. The fourth-order valence-corrected chi connectivity index (χ4v) is 3.36. The Balaban J connectivity index is 2.02. The molecule has 5 nitrogen and oxygen atoms in total. The van der Waals surface area contributed by atoms with Gasteiger partial charge in [0.15, 0.2) is 5.03 Å². The summed E-state index contributed by atoms with van der Waals surface area (Å²) in [6.45, 7) is 2.88. The molecule has 1 heterocycles. The first-order valence-corrected chi connectivity index (χ1v) is 8.63. The molecule has 20 heavy (non-hydrogen) atoms. The van der Waals surface area contributed by atoms with E-state index in [9.17, 15) is 8.42 Å². The fraction of sp³-hybridized carbons (Fsp3) is 0.308. The summed E-state index contributed by atoms with van der Waals surface area (Å²) in [5, 5.41) is 0.0483. The topological polar surface area (TPSA) is 64.0 Å². The summed E-state index contributed by atoms with van der Waals surface area (Å²) in [6.07, 6.45) is 3.03. The van der Waals surface area contributed by atoms with E-state index in [-0.39, 0.29) is 16.4 Å². The van der Waals surface area contributed by atoms with Gasteiger partial charge in [0.1, 0.15) is 0 Å². The van der Waals surface area contributed by atoms with Gasteiger partial charge in [-0.3, -0.25) is 0 Å². The smallest absolute Gasteiger partial charge is 0.259 e. The van der Waals surface area contributed by atoms with Gasteiger partial charge < -0.3 is 4.57 Å². The summed E-state index contributed by atoms with van der Waals surface area (Å²) in [7, 11) is -3.56. The number of sulfonamides is 1. The van der Waals surface area contributed by atoms with Crippen molar-refractivity contribution in [2.75, 3.05) is 6.54 Å². The highest BCUT2D eigenvalue weighted by Gasteiger charge is 2.18.